The van der Waals surface area contributed by atoms with Crippen molar-refractivity contribution in [1.29, 1.82) is 0 Å². The van der Waals surface area contributed by atoms with Crippen molar-refractivity contribution in [3.8, 4) is 5.75 Å². The molecule has 1 aromatic rings. The third-order valence-electron chi connectivity index (χ3n) is 4.05. The molecule has 0 amide bonds. The van der Waals surface area contributed by atoms with E-state index in [9.17, 15) is 8.42 Å². The molecule has 1 aliphatic rings. The summed E-state index contributed by atoms with van der Waals surface area (Å²) in [5.41, 5.74) is 0.947. The van der Waals surface area contributed by atoms with E-state index in [1.54, 1.807) is 13.2 Å². The van der Waals surface area contributed by atoms with Gasteiger partial charge < -0.3 is 10.1 Å². The smallest absolute Gasteiger partial charge is 0.151 e. The largest absolute Gasteiger partial charge is 0.496 e. The summed E-state index contributed by atoms with van der Waals surface area (Å²) in [4.78, 5) is 0. The second-order valence-electron chi connectivity index (χ2n) is 5.60. The van der Waals surface area contributed by atoms with Crippen molar-refractivity contribution in [3.63, 3.8) is 0 Å². The number of hydrogen-bond donors (Lipinski definition) is 1. The maximum Gasteiger partial charge on any atom is 0.151 e. The van der Waals surface area contributed by atoms with Crippen LogP contribution in [0.3, 0.4) is 0 Å². The highest BCUT2D eigenvalue weighted by molar-refractivity contribution is 7.91. The summed E-state index contributed by atoms with van der Waals surface area (Å²) in [7, 11) is -1.41. The Morgan fingerprint density at radius 3 is 2.71 bits per heavy atom. The Balaban J connectivity index is 2.09. The van der Waals surface area contributed by atoms with Crippen LogP contribution in [0, 0.1) is 0 Å². The molecule has 0 spiro atoms. The lowest BCUT2D eigenvalue weighted by Gasteiger charge is -2.31. The summed E-state index contributed by atoms with van der Waals surface area (Å²) >= 11 is 6.02. The molecule has 0 radical (unpaired) electrons. The molecule has 6 heteroatoms. The van der Waals surface area contributed by atoms with Gasteiger partial charge in [-0.2, -0.15) is 0 Å². The fraction of sp³-hybridized carbons (Fsp3) is 0.600. The summed E-state index contributed by atoms with van der Waals surface area (Å²) in [6.45, 7) is 0.556. The zero-order chi connectivity index (χ0) is 15.5. The Morgan fingerprint density at radius 2 is 2.05 bits per heavy atom. The fourth-order valence-corrected chi connectivity index (χ4v) is 4.59. The lowest BCUT2D eigenvalue weighted by atomic mass is 9.94. The third kappa shape index (κ3) is 4.34. The van der Waals surface area contributed by atoms with Crippen LogP contribution in [0.5, 0.6) is 5.75 Å². The van der Waals surface area contributed by atoms with Crippen molar-refractivity contribution in [1.82, 2.24) is 5.32 Å². The molecule has 2 unspecified atom stereocenters. The van der Waals surface area contributed by atoms with Gasteiger partial charge >= 0.3 is 0 Å². The molecular formula is C15H22ClNO3S. The quantitative estimate of drug-likeness (QED) is 0.901. The van der Waals surface area contributed by atoms with Gasteiger partial charge in [0.1, 0.15) is 5.75 Å². The van der Waals surface area contributed by atoms with Crippen LogP contribution in [0.15, 0.2) is 18.2 Å². The number of benzene rings is 1. The zero-order valence-corrected chi connectivity index (χ0v) is 14.0. The number of halogens is 1. The second kappa shape index (κ2) is 6.99. The molecule has 0 heterocycles. The van der Waals surface area contributed by atoms with Gasteiger partial charge in [0, 0.05) is 29.4 Å². The molecule has 1 saturated carbocycles. The maximum absolute atomic E-state index is 11.9. The topological polar surface area (TPSA) is 55.4 Å². The first-order valence-corrected chi connectivity index (χ1v) is 9.49. The van der Waals surface area contributed by atoms with E-state index in [1.807, 2.05) is 12.1 Å². The minimum Gasteiger partial charge on any atom is -0.496 e. The predicted octanol–water partition coefficient (Wildman–Crippen LogP) is 2.79. The first-order valence-electron chi connectivity index (χ1n) is 7.16. The maximum atomic E-state index is 11.9. The lowest BCUT2D eigenvalue weighted by molar-refractivity contribution is 0.364. The molecular weight excluding hydrogens is 310 g/mol. The van der Waals surface area contributed by atoms with Crippen LogP contribution in [0.1, 0.15) is 31.2 Å². The Morgan fingerprint density at radius 1 is 1.33 bits per heavy atom. The molecule has 2 rings (SSSR count). The van der Waals surface area contributed by atoms with Gasteiger partial charge in [-0.1, -0.05) is 24.4 Å². The lowest BCUT2D eigenvalue weighted by Crippen LogP contribution is -2.45. The average molecular weight is 332 g/mol. The molecule has 118 valence electrons. The van der Waals surface area contributed by atoms with Gasteiger partial charge in [-0.25, -0.2) is 8.42 Å². The van der Waals surface area contributed by atoms with E-state index in [-0.39, 0.29) is 11.3 Å². The first kappa shape index (κ1) is 16.6. The van der Waals surface area contributed by atoms with E-state index in [1.165, 1.54) is 6.26 Å². The van der Waals surface area contributed by atoms with Crippen LogP contribution in [-0.4, -0.2) is 33.1 Å². The van der Waals surface area contributed by atoms with E-state index < -0.39 is 9.84 Å². The van der Waals surface area contributed by atoms with E-state index in [2.05, 4.69) is 5.32 Å². The molecule has 0 aliphatic heterocycles. The van der Waals surface area contributed by atoms with E-state index in [0.717, 1.165) is 37.0 Å². The molecule has 1 fully saturated rings. The van der Waals surface area contributed by atoms with Gasteiger partial charge in [-0.15, -0.1) is 0 Å². The van der Waals surface area contributed by atoms with Gasteiger partial charge in [0.05, 0.1) is 12.4 Å². The van der Waals surface area contributed by atoms with E-state index >= 15 is 0 Å². The second-order valence-corrected chi connectivity index (χ2v) is 8.30. The minimum atomic E-state index is -3.02. The molecule has 0 aromatic heterocycles. The third-order valence-corrected chi connectivity index (χ3v) is 5.95. The molecule has 0 saturated heterocycles. The SMILES string of the molecule is COc1ccc(Cl)cc1CNC1CCCCC1S(C)(=O)=O. The van der Waals surface area contributed by atoms with E-state index in [0.29, 0.717) is 11.6 Å². The number of rotatable bonds is 5. The monoisotopic (exact) mass is 331 g/mol. The summed E-state index contributed by atoms with van der Waals surface area (Å²) in [6.07, 6.45) is 5.01. The van der Waals surface area contributed by atoms with Gasteiger partial charge in [-0.05, 0) is 31.0 Å². The highest BCUT2D eigenvalue weighted by Crippen LogP contribution is 2.26. The van der Waals surface area contributed by atoms with Crippen LogP contribution < -0.4 is 10.1 Å². The van der Waals surface area contributed by atoms with Crippen molar-refractivity contribution in [3.05, 3.63) is 28.8 Å². The highest BCUT2D eigenvalue weighted by atomic mass is 35.5. The molecule has 1 aromatic carbocycles. The first-order chi connectivity index (χ1) is 9.91. The summed E-state index contributed by atoms with van der Waals surface area (Å²) < 4.78 is 29.1. The van der Waals surface area contributed by atoms with Gasteiger partial charge in [0.2, 0.25) is 0 Å². The van der Waals surface area contributed by atoms with Gasteiger partial charge in [0.15, 0.2) is 9.84 Å². The summed E-state index contributed by atoms with van der Waals surface area (Å²) in [5.74, 6) is 0.763. The van der Waals surface area contributed by atoms with Crippen LogP contribution in [0.25, 0.3) is 0 Å². The van der Waals surface area contributed by atoms with Crippen molar-refractivity contribution in [2.24, 2.45) is 0 Å². The molecule has 1 N–H and O–H groups in total. The van der Waals surface area contributed by atoms with Crippen LogP contribution in [0.2, 0.25) is 5.02 Å². The van der Waals surface area contributed by atoms with Gasteiger partial charge in [-0.3, -0.25) is 0 Å². The van der Waals surface area contributed by atoms with E-state index in [4.69, 9.17) is 16.3 Å². The normalized spacial score (nSPS) is 23.0. The van der Waals surface area contributed by atoms with Crippen molar-refractivity contribution in [2.75, 3.05) is 13.4 Å². The zero-order valence-electron chi connectivity index (χ0n) is 12.4. The Kier molecular flexibility index (Phi) is 5.52. The molecule has 2 atom stereocenters. The Hall–Kier alpha value is -0.780. The molecule has 0 bridgehead atoms. The Labute approximate surface area is 131 Å². The molecule has 1 aliphatic carbocycles. The minimum absolute atomic E-state index is 0.00237. The summed E-state index contributed by atoms with van der Waals surface area (Å²) in [6, 6.07) is 5.46. The number of sulfone groups is 1. The standard InChI is InChI=1S/C15H22ClNO3S/c1-20-14-8-7-12(16)9-11(14)10-17-13-5-3-4-6-15(13)21(2,18)19/h7-9,13,15,17H,3-6,10H2,1-2H3. The molecule has 21 heavy (non-hydrogen) atoms. The average Bonchev–Trinajstić information content (AvgIpc) is 2.44. The Bertz CT molecular complexity index is 589. The van der Waals surface area contributed by atoms with Crippen LogP contribution in [0.4, 0.5) is 0 Å². The number of methoxy groups -OCH3 is 1. The summed E-state index contributed by atoms with van der Waals surface area (Å²) in [5, 5.41) is 3.73. The van der Waals surface area contributed by atoms with Crippen molar-refractivity contribution < 1.29 is 13.2 Å². The van der Waals surface area contributed by atoms with Crippen LogP contribution >= 0.6 is 11.6 Å². The van der Waals surface area contributed by atoms with Crippen molar-refractivity contribution in [2.45, 2.75) is 43.5 Å². The molecule has 4 nitrogen and oxygen atoms in total. The van der Waals surface area contributed by atoms with Crippen LogP contribution in [-0.2, 0) is 16.4 Å². The highest BCUT2D eigenvalue weighted by Gasteiger charge is 2.32. The number of hydrogen-bond acceptors (Lipinski definition) is 4. The predicted molar refractivity (Wildman–Crippen MR) is 85.7 cm³/mol. The van der Waals surface area contributed by atoms with Crippen molar-refractivity contribution >= 4 is 21.4 Å². The number of ether oxygens (including phenoxy) is 1. The fourth-order valence-electron chi connectivity index (χ4n) is 2.97. The van der Waals surface area contributed by atoms with Gasteiger partial charge in [0.25, 0.3) is 0 Å². The number of nitrogens with one attached hydrogen (secondary N) is 1.